The summed E-state index contributed by atoms with van der Waals surface area (Å²) in [7, 11) is 0. The number of hydrogen-bond donors (Lipinski definition) is 0. The van der Waals surface area contributed by atoms with Crippen molar-refractivity contribution in [2.24, 2.45) is 11.8 Å². The number of hydrogen-bond acceptors (Lipinski definition) is 1. The Morgan fingerprint density at radius 2 is 1.87 bits per heavy atom. The van der Waals surface area contributed by atoms with E-state index in [4.69, 9.17) is 0 Å². The highest BCUT2D eigenvalue weighted by Gasteiger charge is 2.39. The molecule has 2 bridgehead atoms. The number of piperidine rings is 1. The molecule has 88 valence electrons. The molecule has 0 spiro atoms. The number of fused-ring (bicyclic) bond motifs is 2. The van der Waals surface area contributed by atoms with Gasteiger partial charge in [-0.05, 0) is 58.3 Å². The van der Waals surface area contributed by atoms with Crippen molar-refractivity contribution in [3.05, 3.63) is 0 Å². The van der Waals surface area contributed by atoms with Gasteiger partial charge in [-0.2, -0.15) is 0 Å². The second-order valence-electron chi connectivity index (χ2n) is 6.13. The van der Waals surface area contributed by atoms with Gasteiger partial charge in [0.15, 0.2) is 0 Å². The van der Waals surface area contributed by atoms with Crippen LogP contribution < -0.4 is 0 Å². The summed E-state index contributed by atoms with van der Waals surface area (Å²) >= 11 is 0. The lowest BCUT2D eigenvalue weighted by Gasteiger charge is -2.51. The number of nitrogens with zero attached hydrogens (tertiary/aromatic N) is 1. The largest absolute Gasteiger partial charge is 0.295 e. The Morgan fingerprint density at radius 1 is 1.13 bits per heavy atom. The second-order valence-corrected chi connectivity index (χ2v) is 6.13. The van der Waals surface area contributed by atoms with Crippen LogP contribution in [0.4, 0.5) is 0 Å². The molecule has 15 heavy (non-hydrogen) atoms. The molecule has 1 heterocycles. The van der Waals surface area contributed by atoms with Gasteiger partial charge in [0.05, 0.1) is 0 Å². The number of rotatable bonds is 2. The molecule has 0 aromatic rings. The lowest BCUT2D eigenvalue weighted by molar-refractivity contribution is -0.0126. The Bertz CT molecular complexity index is 209. The molecule has 1 aliphatic heterocycles. The Labute approximate surface area is 95.2 Å². The molecule has 4 atom stereocenters. The average molecular weight is 209 g/mol. The van der Waals surface area contributed by atoms with Gasteiger partial charge in [0, 0.05) is 18.1 Å². The topological polar surface area (TPSA) is 3.24 Å². The standard InChI is InChI=1S/C14H27N/c1-5-12-7-13-6-11(4)15(10(2)3)14(8-12)9-13/h10-14H,5-9H2,1-4H3. The molecule has 2 rings (SSSR count). The first kappa shape index (κ1) is 11.4. The van der Waals surface area contributed by atoms with E-state index in [0.717, 1.165) is 30.0 Å². The summed E-state index contributed by atoms with van der Waals surface area (Å²) in [4.78, 5) is 2.79. The van der Waals surface area contributed by atoms with Crippen LogP contribution in [0.3, 0.4) is 0 Å². The van der Waals surface area contributed by atoms with Crippen molar-refractivity contribution >= 4 is 0 Å². The van der Waals surface area contributed by atoms with E-state index < -0.39 is 0 Å². The summed E-state index contributed by atoms with van der Waals surface area (Å²) in [5.74, 6) is 2.06. The summed E-state index contributed by atoms with van der Waals surface area (Å²) in [5, 5.41) is 0. The van der Waals surface area contributed by atoms with Crippen molar-refractivity contribution in [2.75, 3.05) is 0 Å². The normalized spacial score (nSPS) is 42.2. The zero-order valence-corrected chi connectivity index (χ0v) is 10.9. The lowest BCUT2D eigenvalue weighted by atomic mass is 9.71. The summed E-state index contributed by atoms with van der Waals surface area (Å²) in [6.07, 6.45) is 7.32. The molecule has 1 aliphatic carbocycles. The lowest BCUT2D eigenvalue weighted by Crippen LogP contribution is -2.54. The van der Waals surface area contributed by atoms with Crippen molar-refractivity contribution < 1.29 is 0 Å². The predicted octanol–water partition coefficient (Wildman–Crippen LogP) is 3.68. The zero-order valence-electron chi connectivity index (χ0n) is 10.9. The maximum Gasteiger partial charge on any atom is 0.0106 e. The van der Waals surface area contributed by atoms with Crippen LogP contribution >= 0.6 is 0 Å². The molecule has 2 aliphatic rings. The Kier molecular flexibility index (Phi) is 3.39. The smallest absolute Gasteiger partial charge is 0.0106 e. The van der Waals surface area contributed by atoms with Gasteiger partial charge in [-0.3, -0.25) is 4.90 Å². The summed E-state index contributed by atoms with van der Waals surface area (Å²) in [6, 6.07) is 2.46. The highest BCUT2D eigenvalue weighted by atomic mass is 15.2. The predicted molar refractivity (Wildman–Crippen MR) is 66.0 cm³/mol. The molecule has 0 radical (unpaired) electrons. The van der Waals surface area contributed by atoms with Crippen LogP contribution in [-0.2, 0) is 0 Å². The zero-order chi connectivity index (χ0) is 11.0. The van der Waals surface area contributed by atoms with Gasteiger partial charge in [0.1, 0.15) is 0 Å². The molecule has 4 unspecified atom stereocenters. The van der Waals surface area contributed by atoms with Crippen molar-refractivity contribution in [3.63, 3.8) is 0 Å². The third kappa shape index (κ3) is 2.22. The monoisotopic (exact) mass is 209 g/mol. The summed E-state index contributed by atoms with van der Waals surface area (Å²) in [6.45, 7) is 9.54. The van der Waals surface area contributed by atoms with Crippen LogP contribution in [-0.4, -0.2) is 23.0 Å². The molecule has 2 fully saturated rings. The first-order valence-corrected chi connectivity index (χ1v) is 6.89. The SMILES string of the molecule is CCC1CC2CC(C)N(C(C)C)C(C1)C2. The molecule has 0 N–H and O–H groups in total. The average Bonchev–Trinajstić information content (AvgIpc) is 2.15. The third-order valence-corrected chi connectivity index (χ3v) is 4.66. The molecule has 0 amide bonds. The van der Waals surface area contributed by atoms with Gasteiger partial charge in [-0.25, -0.2) is 0 Å². The van der Waals surface area contributed by atoms with Crippen LogP contribution in [0.25, 0.3) is 0 Å². The first-order chi connectivity index (χ1) is 7.11. The van der Waals surface area contributed by atoms with Crippen LogP contribution in [0.5, 0.6) is 0 Å². The van der Waals surface area contributed by atoms with E-state index >= 15 is 0 Å². The van der Waals surface area contributed by atoms with Crippen LogP contribution in [0.15, 0.2) is 0 Å². The molecule has 1 heteroatoms. The minimum absolute atomic E-state index is 0.738. The maximum absolute atomic E-state index is 2.79. The van der Waals surface area contributed by atoms with E-state index in [1.807, 2.05) is 0 Å². The molecule has 0 aromatic carbocycles. The van der Waals surface area contributed by atoms with Crippen molar-refractivity contribution in [1.29, 1.82) is 0 Å². The minimum Gasteiger partial charge on any atom is -0.295 e. The van der Waals surface area contributed by atoms with E-state index in [1.54, 1.807) is 0 Å². The van der Waals surface area contributed by atoms with E-state index in [0.29, 0.717) is 0 Å². The maximum atomic E-state index is 2.79. The first-order valence-electron chi connectivity index (χ1n) is 6.89. The number of likely N-dealkylation sites (tertiary alicyclic amines) is 1. The van der Waals surface area contributed by atoms with Gasteiger partial charge in [-0.15, -0.1) is 0 Å². The fourth-order valence-corrected chi connectivity index (χ4v) is 4.19. The van der Waals surface area contributed by atoms with E-state index in [-0.39, 0.29) is 0 Å². The third-order valence-electron chi connectivity index (χ3n) is 4.66. The molecule has 0 aromatic heterocycles. The highest BCUT2D eigenvalue weighted by Crippen LogP contribution is 2.42. The molecule has 1 saturated carbocycles. The van der Waals surface area contributed by atoms with Gasteiger partial charge < -0.3 is 0 Å². The quantitative estimate of drug-likeness (QED) is 0.670. The molecule has 1 saturated heterocycles. The molecular formula is C14H27N. The minimum atomic E-state index is 0.738. The Balaban J connectivity index is 2.08. The Morgan fingerprint density at radius 3 is 2.47 bits per heavy atom. The molecule has 1 nitrogen and oxygen atoms in total. The highest BCUT2D eigenvalue weighted by molar-refractivity contribution is 4.93. The summed E-state index contributed by atoms with van der Waals surface area (Å²) < 4.78 is 0. The van der Waals surface area contributed by atoms with Gasteiger partial charge in [0.25, 0.3) is 0 Å². The fourth-order valence-electron chi connectivity index (χ4n) is 4.19. The Hall–Kier alpha value is -0.0400. The van der Waals surface area contributed by atoms with Crippen LogP contribution in [0.1, 0.15) is 59.8 Å². The fraction of sp³-hybridized carbons (Fsp3) is 1.00. The van der Waals surface area contributed by atoms with E-state index in [9.17, 15) is 0 Å². The van der Waals surface area contributed by atoms with Gasteiger partial charge in [-0.1, -0.05) is 13.3 Å². The van der Waals surface area contributed by atoms with Gasteiger partial charge >= 0.3 is 0 Å². The summed E-state index contributed by atoms with van der Waals surface area (Å²) in [5.41, 5.74) is 0. The van der Waals surface area contributed by atoms with E-state index in [2.05, 4.69) is 32.6 Å². The van der Waals surface area contributed by atoms with Crippen molar-refractivity contribution in [1.82, 2.24) is 4.90 Å². The van der Waals surface area contributed by atoms with Crippen LogP contribution in [0, 0.1) is 11.8 Å². The van der Waals surface area contributed by atoms with Crippen molar-refractivity contribution in [2.45, 2.75) is 77.9 Å². The van der Waals surface area contributed by atoms with Crippen molar-refractivity contribution in [3.8, 4) is 0 Å². The molecular weight excluding hydrogens is 182 g/mol. The van der Waals surface area contributed by atoms with E-state index in [1.165, 1.54) is 32.1 Å². The van der Waals surface area contributed by atoms with Crippen LogP contribution in [0.2, 0.25) is 0 Å². The second kappa shape index (κ2) is 4.45. The van der Waals surface area contributed by atoms with Gasteiger partial charge in [0.2, 0.25) is 0 Å².